The van der Waals surface area contributed by atoms with Crippen LogP contribution in [0.25, 0.3) is 0 Å². The molecule has 1 unspecified atom stereocenters. The molecule has 1 atom stereocenters. The number of benzene rings is 2. The zero-order valence-electron chi connectivity index (χ0n) is 19.4. The van der Waals surface area contributed by atoms with Crippen molar-refractivity contribution in [2.75, 3.05) is 38.2 Å². The topological polar surface area (TPSA) is 88.5 Å². The van der Waals surface area contributed by atoms with E-state index in [9.17, 15) is 9.59 Å². The average molecular weight is 462 g/mol. The Morgan fingerprint density at radius 2 is 1.94 bits per heavy atom. The Kier molecular flexibility index (Phi) is 8.06. The fourth-order valence-corrected chi connectivity index (χ4v) is 4.13. The first-order valence-electron chi connectivity index (χ1n) is 11.6. The van der Waals surface area contributed by atoms with Crippen molar-refractivity contribution in [2.24, 2.45) is 0 Å². The molecule has 34 heavy (non-hydrogen) atoms. The van der Waals surface area contributed by atoms with E-state index in [0.29, 0.717) is 44.0 Å². The van der Waals surface area contributed by atoms with Gasteiger partial charge in [-0.25, -0.2) is 4.98 Å². The van der Waals surface area contributed by atoms with Gasteiger partial charge in [-0.15, -0.1) is 0 Å². The van der Waals surface area contributed by atoms with Gasteiger partial charge in [-0.2, -0.15) is 0 Å². The minimum atomic E-state index is -0.166. The van der Waals surface area contributed by atoms with Crippen molar-refractivity contribution in [3.8, 4) is 0 Å². The van der Waals surface area contributed by atoms with Gasteiger partial charge in [0.25, 0.3) is 5.91 Å². The Bertz CT molecular complexity index is 1090. The second kappa shape index (κ2) is 11.6. The summed E-state index contributed by atoms with van der Waals surface area (Å²) in [4.78, 5) is 31.6. The van der Waals surface area contributed by atoms with Crippen LogP contribution in [0.15, 0.2) is 67.3 Å². The molecule has 1 aliphatic rings. The number of carbonyl (C=O) groups is 2. The van der Waals surface area contributed by atoms with Crippen LogP contribution in [0.4, 0.5) is 5.69 Å². The number of aryl methyl sites for hydroxylation is 2. The number of hydrogen-bond donors (Lipinski definition) is 2. The largest absolute Gasteiger partial charge is 0.379 e. The fourth-order valence-electron chi connectivity index (χ4n) is 4.13. The first kappa shape index (κ1) is 23.7. The van der Waals surface area contributed by atoms with E-state index >= 15 is 0 Å². The molecule has 1 aliphatic heterocycles. The quantitative estimate of drug-likeness (QED) is 0.511. The van der Waals surface area contributed by atoms with Crippen LogP contribution in [0, 0.1) is 6.92 Å². The highest BCUT2D eigenvalue weighted by atomic mass is 16.5. The highest BCUT2D eigenvalue weighted by Gasteiger charge is 2.23. The van der Waals surface area contributed by atoms with E-state index in [2.05, 4.69) is 51.7 Å². The molecule has 2 heterocycles. The second-order valence-electron chi connectivity index (χ2n) is 8.47. The van der Waals surface area contributed by atoms with Crippen molar-refractivity contribution >= 4 is 17.5 Å². The zero-order chi connectivity index (χ0) is 23.8. The Morgan fingerprint density at radius 1 is 1.12 bits per heavy atom. The van der Waals surface area contributed by atoms with E-state index in [1.165, 1.54) is 11.1 Å². The summed E-state index contributed by atoms with van der Waals surface area (Å²) in [6.07, 6.45) is 5.51. The van der Waals surface area contributed by atoms with Crippen LogP contribution >= 0.6 is 0 Å². The minimum absolute atomic E-state index is 0.0683. The van der Waals surface area contributed by atoms with Crippen LogP contribution in [0.5, 0.6) is 0 Å². The Balaban J connectivity index is 1.37. The number of morpholine rings is 1. The normalized spacial score (nSPS) is 15.0. The monoisotopic (exact) mass is 461 g/mol. The molecule has 8 nitrogen and oxygen atoms in total. The van der Waals surface area contributed by atoms with Crippen molar-refractivity contribution in [2.45, 2.75) is 25.9 Å². The van der Waals surface area contributed by atoms with Crippen molar-refractivity contribution in [1.29, 1.82) is 0 Å². The molecular formula is C26H31N5O3. The van der Waals surface area contributed by atoms with Gasteiger partial charge in [-0.1, -0.05) is 35.9 Å². The summed E-state index contributed by atoms with van der Waals surface area (Å²) in [5.41, 5.74) is 3.49. The number of rotatable bonds is 9. The number of hydrogen-bond acceptors (Lipinski definition) is 5. The van der Waals surface area contributed by atoms with Crippen LogP contribution < -0.4 is 10.6 Å². The summed E-state index contributed by atoms with van der Waals surface area (Å²) in [7, 11) is 0. The molecule has 2 aromatic carbocycles. The molecule has 0 aliphatic carbocycles. The predicted molar refractivity (Wildman–Crippen MR) is 131 cm³/mol. The smallest absolute Gasteiger partial charge is 0.251 e. The van der Waals surface area contributed by atoms with Gasteiger partial charge in [-0.05, 0) is 30.7 Å². The third-order valence-corrected chi connectivity index (χ3v) is 5.93. The van der Waals surface area contributed by atoms with Crippen LogP contribution in [0.1, 0.15) is 33.9 Å². The first-order valence-corrected chi connectivity index (χ1v) is 11.6. The molecule has 0 bridgehead atoms. The lowest BCUT2D eigenvalue weighted by molar-refractivity contribution is -0.116. The number of ether oxygens (including phenoxy) is 1. The Labute approximate surface area is 199 Å². The maximum absolute atomic E-state index is 13.0. The number of carbonyl (C=O) groups excluding carboxylic acids is 2. The van der Waals surface area contributed by atoms with E-state index in [4.69, 9.17) is 4.74 Å². The number of imidazole rings is 1. The maximum Gasteiger partial charge on any atom is 0.251 e. The number of anilines is 1. The van der Waals surface area contributed by atoms with E-state index < -0.39 is 0 Å². The minimum Gasteiger partial charge on any atom is -0.379 e. The zero-order valence-corrected chi connectivity index (χ0v) is 19.4. The van der Waals surface area contributed by atoms with Gasteiger partial charge in [0.2, 0.25) is 5.91 Å². The molecule has 178 valence electrons. The van der Waals surface area contributed by atoms with Crippen LogP contribution in [-0.4, -0.2) is 59.1 Å². The standard InChI is InChI=1S/C26H31N5O3/c1-20-4-2-5-21(16-20)24(31-12-14-34-15-13-31)18-28-26(33)22-6-3-7-23(17-22)29-25(32)8-10-30-11-9-27-19-30/h2-7,9,11,16-17,19,24H,8,10,12-15,18H2,1H3,(H,28,33)(H,29,32). The third-order valence-electron chi connectivity index (χ3n) is 5.93. The second-order valence-corrected chi connectivity index (χ2v) is 8.47. The van der Waals surface area contributed by atoms with Crippen LogP contribution in [-0.2, 0) is 16.1 Å². The SMILES string of the molecule is Cc1cccc(C(CNC(=O)c2cccc(NC(=O)CCn3ccnc3)c2)N2CCOCC2)c1. The van der Waals surface area contributed by atoms with Gasteiger partial charge in [0.1, 0.15) is 0 Å². The lowest BCUT2D eigenvalue weighted by Gasteiger charge is -2.35. The first-order chi connectivity index (χ1) is 16.6. The molecule has 8 heteroatoms. The molecular weight excluding hydrogens is 430 g/mol. The summed E-state index contributed by atoms with van der Waals surface area (Å²) >= 11 is 0. The number of aromatic nitrogens is 2. The Hall–Kier alpha value is -3.49. The summed E-state index contributed by atoms with van der Waals surface area (Å²) in [6, 6.07) is 15.5. The molecule has 0 radical (unpaired) electrons. The fraction of sp³-hybridized carbons (Fsp3) is 0.346. The van der Waals surface area contributed by atoms with Gasteiger partial charge >= 0.3 is 0 Å². The highest BCUT2D eigenvalue weighted by Crippen LogP contribution is 2.22. The van der Waals surface area contributed by atoms with E-state index in [0.717, 1.165) is 13.1 Å². The lowest BCUT2D eigenvalue weighted by Crippen LogP contribution is -2.43. The molecule has 1 saturated heterocycles. The van der Waals surface area contributed by atoms with Crippen molar-refractivity contribution in [3.63, 3.8) is 0 Å². The molecule has 3 aromatic rings. The van der Waals surface area contributed by atoms with Gasteiger partial charge < -0.3 is 19.9 Å². The average Bonchev–Trinajstić information content (AvgIpc) is 3.38. The van der Waals surface area contributed by atoms with Crippen LogP contribution in [0.3, 0.4) is 0 Å². The summed E-state index contributed by atoms with van der Waals surface area (Å²) in [5, 5.41) is 5.97. The van der Waals surface area contributed by atoms with E-state index in [-0.39, 0.29) is 17.9 Å². The number of nitrogens with zero attached hydrogens (tertiary/aromatic N) is 3. The molecule has 1 aromatic heterocycles. The summed E-state index contributed by atoms with van der Waals surface area (Å²) < 4.78 is 7.37. The van der Waals surface area contributed by atoms with Crippen LogP contribution in [0.2, 0.25) is 0 Å². The predicted octanol–water partition coefficient (Wildman–Crippen LogP) is 3.02. The van der Waals surface area contributed by atoms with E-state index in [1.54, 1.807) is 36.8 Å². The van der Waals surface area contributed by atoms with Gasteiger partial charge in [0, 0.05) is 56.2 Å². The van der Waals surface area contributed by atoms with Gasteiger partial charge in [0.15, 0.2) is 0 Å². The summed E-state index contributed by atoms with van der Waals surface area (Å²) in [5.74, 6) is -0.279. The molecule has 0 spiro atoms. The lowest BCUT2D eigenvalue weighted by atomic mass is 10.0. The Morgan fingerprint density at radius 3 is 2.71 bits per heavy atom. The molecule has 2 amide bonds. The molecule has 2 N–H and O–H groups in total. The molecule has 4 rings (SSSR count). The third kappa shape index (κ3) is 6.52. The van der Waals surface area contributed by atoms with Gasteiger partial charge in [0.05, 0.1) is 25.6 Å². The summed E-state index contributed by atoms with van der Waals surface area (Å²) in [6.45, 7) is 6.16. The number of nitrogens with one attached hydrogen (secondary N) is 2. The highest BCUT2D eigenvalue weighted by molar-refractivity contribution is 5.97. The van der Waals surface area contributed by atoms with E-state index in [1.807, 2.05) is 10.8 Å². The molecule has 0 saturated carbocycles. The maximum atomic E-state index is 13.0. The van der Waals surface area contributed by atoms with Crippen molar-refractivity contribution < 1.29 is 14.3 Å². The van der Waals surface area contributed by atoms with Gasteiger partial charge in [-0.3, -0.25) is 14.5 Å². The number of amides is 2. The van der Waals surface area contributed by atoms with Crippen molar-refractivity contribution in [3.05, 3.63) is 83.9 Å². The van der Waals surface area contributed by atoms with Crippen molar-refractivity contribution in [1.82, 2.24) is 19.8 Å². The molecule has 1 fully saturated rings.